The van der Waals surface area contributed by atoms with E-state index in [9.17, 15) is 10.1 Å². The van der Waals surface area contributed by atoms with E-state index in [-0.39, 0.29) is 17.2 Å². The van der Waals surface area contributed by atoms with Crippen molar-refractivity contribution in [2.45, 2.75) is 6.61 Å². The lowest BCUT2D eigenvalue weighted by Gasteiger charge is -2.10. The van der Waals surface area contributed by atoms with Gasteiger partial charge < -0.3 is 10.1 Å². The minimum absolute atomic E-state index is 0.0927. The summed E-state index contributed by atoms with van der Waals surface area (Å²) in [6, 6.07) is 19.3. The van der Waals surface area contributed by atoms with Crippen LogP contribution >= 0.6 is 23.2 Å². The van der Waals surface area contributed by atoms with E-state index in [4.69, 9.17) is 27.9 Å². The van der Waals surface area contributed by atoms with Gasteiger partial charge >= 0.3 is 0 Å². The van der Waals surface area contributed by atoms with Crippen molar-refractivity contribution < 1.29 is 9.53 Å². The molecule has 0 radical (unpaired) electrons. The maximum Gasteiger partial charge on any atom is 0.266 e. The van der Waals surface area contributed by atoms with Crippen molar-refractivity contribution in [3.8, 4) is 11.8 Å². The second kappa shape index (κ2) is 9.74. The van der Waals surface area contributed by atoms with Gasteiger partial charge in [0.1, 0.15) is 24.0 Å². The number of carbonyl (C=O) groups excluding carboxylic acids is 1. The molecule has 0 spiro atoms. The summed E-state index contributed by atoms with van der Waals surface area (Å²) in [6.07, 6.45) is 3.15. The molecule has 0 saturated carbocycles. The molecular weight excluding hydrogens is 409 g/mol. The molecule has 1 amide bonds. The van der Waals surface area contributed by atoms with Crippen LogP contribution in [0, 0.1) is 11.3 Å². The first kappa shape index (κ1) is 20.4. The zero-order valence-corrected chi connectivity index (χ0v) is 16.6. The normalized spacial score (nSPS) is 10.9. The molecule has 0 atom stereocenters. The second-order valence-electron chi connectivity index (χ2n) is 5.90. The van der Waals surface area contributed by atoms with E-state index in [1.807, 2.05) is 30.3 Å². The van der Waals surface area contributed by atoms with Gasteiger partial charge in [0.15, 0.2) is 0 Å². The van der Waals surface area contributed by atoms with Gasteiger partial charge in [-0.15, -0.1) is 0 Å². The van der Waals surface area contributed by atoms with Crippen LogP contribution < -0.4 is 10.1 Å². The molecule has 3 aromatic rings. The molecule has 7 heteroatoms. The van der Waals surface area contributed by atoms with Crippen LogP contribution in [0.4, 0.5) is 5.69 Å². The van der Waals surface area contributed by atoms with Gasteiger partial charge in [0.2, 0.25) is 0 Å². The Hall–Kier alpha value is -3.33. The second-order valence-corrected chi connectivity index (χ2v) is 6.74. The number of nitriles is 1. The average molecular weight is 424 g/mol. The van der Waals surface area contributed by atoms with Crippen LogP contribution in [0.15, 0.2) is 72.4 Å². The summed E-state index contributed by atoms with van der Waals surface area (Å²) in [5, 5.41) is 12.8. The molecule has 0 bridgehead atoms. The number of aromatic nitrogens is 1. The lowest BCUT2D eigenvalue weighted by Crippen LogP contribution is -2.13. The van der Waals surface area contributed by atoms with Crippen LogP contribution in [0.5, 0.6) is 5.75 Å². The quantitative estimate of drug-likeness (QED) is 0.418. The number of rotatable bonds is 6. The largest absolute Gasteiger partial charge is 0.487 e. The van der Waals surface area contributed by atoms with Gasteiger partial charge in [-0.1, -0.05) is 47.5 Å². The lowest BCUT2D eigenvalue weighted by molar-refractivity contribution is -0.112. The summed E-state index contributed by atoms with van der Waals surface area (Å²) in [7, 11) is 0. The third-order valence-electron chi connectivity index (χ3n) is 3.86. The van der Waals surface area contributed by atoms with E-state index in [1.54, 1.807) is 36.5 Å². The van der Waals surface area contributed by atoms with Crippen LogP contribution in [-0.2, 0) is 11.4 Å². The molecule has 5 nitrogen and oxygen atoms in total. The predicted octanol–water partition coefficient (Wildman–Crippen LogP) is 5.51. The van der Waals surface area contributed by atoms with Crippen molar-refractivity contribution in [3.05, 3.63) is 93.7 Å². The highest BCUT2D eigenvalue weighted by atomic mass is 35.5. The Morgan fingerprint density at radius 1 is 1.14 bits per heavy atom. The smallest absolute Gasteiger partial charge is 0.266 e. The molecule has 1 heterocycles. The number of nitrogens with zero attached hydrogens (tertiary/aromatic N) is 2. The number of pyridine rings is 1. The first-order valence-corrected chi connectivity index (χ1v) is 9.32. The molecule has 29 heavy (non-hydrogen) atoms. The zero-order valence-electron chi connectivity index (χ0n) is 15.1. The third-order valence-corrected chi connectivity index (χ3v) is 4.41. The van der Waals surface area contributed by atoms with Gasteiger partial charge in [0.25, 0.3) is 5.91 Å². The molecule has 0 aliphatic heterocycles. The summed E-state index contributed by atoms with van der Waals surface area (Å²) in [4.78, 5) is 16.7. The number of nitrogens with one attached hydrogen (secondary N) is 1. The number of benzene rings is 2. The van der Waals surface area contributed by atoms with E-state index < -0.39 is 5.91 Å². The fraction of sp³-hybridized carbons (Fsp3) is 0.0455. The molecule has 0 saturated heterocycles. The van der Waals surface area contributed by atoms with E-state index >= 15 is 0 Å². The molecule has 0 fully saturated rings. The molecule has 1 N–H and O–H groups in total. The number of halogens is 2. The molecule has 0 unspecified atom stereocenters. The number of carbonyl (C=O) groups is 1. The summed E-state index contributed by atoms with van der Waals surface area (Å²) in [5.41, 5.74) is 1.63. The molecule has 0 aliphatic carbocycles. The first-order chi connectivity index (χ1) is 14.1. The number of anilines is 1. The molecule has 0 aliphatic rings. The Labute approximate surface area is 178 Å². The fourth-order valence-corrected chi connectivity index (χ4v) is 2.91. The maximum atomic E-state index is 12.5. The third kappa shape index (κ3) is 5.58. The van der Waals surface area contributed by atoms with Gasteiger partial charge in [-0.2, -0.15) is 5.26 Å². The molecular formula is C22H15Cl2N3O2. The van der Waals surface area contributed by atoms with Gasteiger partial charge in [-0.05, 0) is 42.5 Å². The Bertz CT molecular complexity index is 1090. The van der Waals surface area contributed by atoms with Gasteiger partial charge in [-0.25, -0.2) is 0 Å². The number of para-hydroxylation sites is 1. The molecule has 2 aromatic carbocycles. The summed E-state index contributed by atoms with van der Waals surface area (Å²) in [6.45, 7) is 0.264. The van der Waals surface area contributed by atoms with Crippen molar-refractivity contribution in [2.24, 2.45) is 0 Å². The number of ether oxygens (including phenoxy) is 1. The van der Waals surface area contributed by atoms with E-state index in [0.29, 0.717) is 22.0 Å². The Balaban J connectivity index is 1.79. The SMILES string of the molecule is N#C/C(=C\c1ccccc1OCc1ccccn1)C(=O)Nc1ccc(Cl)cc1Cl. The summed E-state index contributed by atoms with van der Waals surface area (Å²) < 4.78 is 5.81. The van der Waals surface area contributed by atoms with Crippen molar-refractivity contribution in [1.29, 1.82) is 5.26 Å². The van der Waals surface area contributed by atoms with Crippen LogP contribution in [-0.4, -0.2) is 10.9 Å². The molecule has 3 rings (SSSR count). The standard InChI is InChI=1S/C22H15Cl2N3O2/c23-17-8-9-20(19(24)12-17)27-22(28)16(13-25)11-15-5-1-2-7-21(15)29-14-18-6-3-4-10-26-18/h1-12H,14H2,(H,27,28)/b16-11+. The highest BCUT2D eigenvalue weighted by Gasteiger charge is 2.13. The highest BCUT2D eigenvalue weighted by molar-refractivity contribution is 6.36. The topological polar surface area (TPSA) is 75.0 Å². The monoisotopic (exact) mass is 423 g/mol. The van der Waals surface area contributed by atoms with Crippen molar-refractivity contribution in [1.82, 2.24) is 4.98 Å². The molecule has 144 valence electrons. The Morgan fingerprint density at radius 2 is 1.93 bits per heavy atom. The number of hydrogen-bond acceptors (Lipinski definition) is 4. The highest BCUT2D eigenvalue weighted by Crippen LogP contribution is 2.26. The van der Waals surface area contributed by atoms with E-state index in [2.05, 4.69) is 10.3 Å². The minimum Gasteiger partial charge on any atom is -0.487 e. The fourth-order valence-electron chi connectivity index (χ4n) is 2.45. The lowest BCUT2D eigenvalue weighted by atomic mass is 10.1. The van der Waals surface area contributed by atoms with Crippen LogP contribution in [0.25, 0.3) is 6.08 Å². The van der Waals surface area contributed by atoms with Gasteiger partial charge in [-0.3, -0.25) is 9.78 Å². The van der Waals surface area contributed by atoms with Crippen LogP contribution in [0.2, 0.25) is 10.0 Å². The van der Waals surface area contributed by atoms with Crippen LogP contribution in [0.1, 0.15) is 11.3 Å². The summed E-state index contributed by atoms with van der Waals surface area (Å²) in [5.74, 6) is -0.0560. The average Bonchev–Trinajstić information content (AvgIpc) is 2.74. The van der Waals surface area contributed by atoms with E-state index in [0.717, 1.165) is 5.69 Å². The minimum atomic E-state index is -0.587. The molecule has 1 aromatic heterocycles. The number of amides is 1. The van der Waals surface area contributed by atoms with Crippen LogP contribution in [0.3, 0.4) is 0 Å². The Kier molecular flexibility index (Phi) is 6.85. The predicted molar refractivity (Wildman–Crippen MR) is 114 cm³/mol. The van der Waals surface area contributed by atoms with E-state index in [1.165, 1.54) is 12.1 Å². The summed E-state index contributed by atoms with van der Waals surface area (Å²) >= 11 is 11.9. The van der Waals surface area contributed by atoms with Crippen molar-refractivity contribution >= 4 is 40.9 Å². The Morgan fingerprint density at radius 3 is 2.66 bits per heavy atom. The van der Waals surface area contributed by atoms with Gasteiger partial charge in [0, 0.05) is 16.8 Å². The first-order valence-electron chi connectivity index (χ1n) is 8.57. The maximum absolute atomic E-state index is 12.5. The zero-order chi connectivity index (χ0) is 20.6. The van der Waals surface area contributed by atoms with Gasteiger partial charge in [0.05, 0.1) is 16.4 Å². The van der Waals surface area contributed by atoms with Crippen molar-refractivity contribution in [2.75, 3.05) is 5.32 Å². The number of hydrogen-bond donors (Lipinski definition) is 1. The van der Waals surface area contributed by atoms with Crippen molar-refractivity contribution in [3.63, 3.8) is 0 Å².